The van der Waals surface area contributed by atoms with Gasteiger partial charge in [-0.2, -0.15) is 4.98 Å². The molecule has 0 spiro atoms. The van der Waals surface area contributed by atoms with E-state index in [0.717, 1.165) is 30.9 Å². The maximum Gasteiger partial charge on any atom is 0.261 e. The zero-order valence-electron chi connectivity index (χ0n) is 14.1. The highest BCUT2D eigenvalue weighted by atomic mass is 16.1. The second-order valence-corrected chi connectivity index (χ2v) is 6.45. The van der Waals surface area contributed by atoms with Crippen LogP contribution in [0.4, 0.5) is 5.82 Å². The second-order valence-electron chi connectivity index (χ2n) is 6.45. The third kappa shape index (κ3) is 2.35. The lowest BCUT2D eigenvalue weighted by Crippen LogP contribution is -2.33. The van der Waals surface area contributed by atoms with Crippen LogP contribution in [0.15, 0.2) is 29.5 Å². The molecule has 0 fully saturated rings. The Hall–Kier alpha value is -2.76. The van der Waals surface area contributed by atoms with Crippen molar-refractivity contribution >= 4 is 11.6 Å². The molecule has 0 N–H and O–H groups in total. The monoisotopic (exact) mass is 321 g/mol. The van der Waals surface area contributed by atoms with Crippen molar-refractivity contribution in [2.45, 2.75) is 33.7 Å². The molecule has 6 heteroatoms. The van der Waals surface area contributed by atoms with Crippen LogP contribution in [0.25, 0.3) is 5.78 Å². The van der Waals surface area contributed by atoms with Gasteiger partial charge >= 0.3 is 0 Å². The Balaban J connectivity index is 1.78. The molecule has 0 atom stereocenters. The number of anilines is 1. The molecule has 0 saturated heterocycles. The molecule has 0 saturated carbocycles. The standard InChI is InChI=1S/C18H19N5O/c1-11-6-14-10-22(5-4-15(14)19-7-11)16-13(3)9-23-17(24)12(2)8-20-18(23)21-16/h6-9H,4-5,10H2,1-3H3. The van der Waals surface area contributed by atoms with E-state index in [1.54, 1.807) is 13.1 Å². The van der Waals surface area contributed by atoms with Gasteiger partial charge in [0, 0.05) is 54.9 Å². The largest absolute Gasteiger partial charge is 0.351 e. The highest BCUT2D eigenvalue weighted by Crippen LogP contribution is 2.25. The summed E-state index contributed by atoms with van der Waals surface area (Å²) in [6, 6.07) is 2.19. The first-order valence-corrected chi connectivity index (χ1v) is 8.08. The number of aryl methyl sites for hydroxylation is 3. The Bertz CT molecular complexity index is 1010. The van der Waals surface area contributed by atoms with Crippen molar-refractivity contribution in [1.82, 2.24) is 19.4 Å². The van der Waals surface area contributed by atoms with Gasteiger partial charge < -0.3 is 4.90 Å². The molecular formula is C18H19N5O. The highest BCUT2D eigenvalue weighted by Gasteiger charge is 2.21. The lowest BCUT2D eigenvalue weighted by Gasteiger charge is -2.30. The first kappa shape index (κ1) is 14.8. The van der Waals surface area contributed by atoms with Crippen LogP contribution in [0.2, 0.25) is 0 Å². The van der Waals surface area contributed by atoms with Crippen molar-refractivity contribution in [3.8, 4) is 0 Å². The molecular weight excluding hydrogens is 302 g/mol. The zero-order chi connectivity index (χ0) is 16.8. The topological polar surface area (TPSA) is 63.4 Å². The van der Waals surface area contributed by atoms with Crippen LogP contribution in [-0.2, 0) is 13.0 Å². The number of nitrogens with zero attached hydrogens (tertiary/aromatic N) is 5. The molecule has 1 aliphatic rings. The predicted octanol–water partition coefficient (Wildman–Crippen LogP) is 1.97. The summed E-state index contributed by atoms with van der Waals surface area (Å²) < 4.78 is 1.53. The van der Waals surface area contributed by atoms with E-state index >= 15 is 0 Å². The molecule has 24 heavy (non-hydrogen) atoms. The van der Waals surface area contributed by atoms with Gasteiger partial charge in [-0.05, 0) is 31.9 Å². The first-order chi connectivity index (χ1) is 11.5. The number of hydrogen-bond donors (Lipinski definition) is 0. The molecule has 0 aliphatic carbocycles. The van der Waals surface area contributed by atoms with Crippen LogP contribution < -0.4 is 10.5 Å². The van der Waals surface area contributed by atoms with Gasteiger partial charge in [-0.1, -0.05) is 6.07 Å². The van der Waals surface area contributed by atoms with Crippen molar-refractivity contribution in [2.24, 2.45) is 0 Å². The van der Waals surface area contributed by atoms with Crippen molar-refractivity contribution in [3.63, 3.8) is 0 Å². The molecule has 0 bridgehead atoms. The molecule has 1 aliphatic heterocycles. The Morgan fingerprint density at radius 3 is 2.75 bits per heavy atom. The Morgan fingerprint density at radius 2 is 1.92 bits per heavy atom. The minimum atomic E-state index is -0.0639. The normalized spacial score (nSPS) is 14.0. The Kier molecular flexibility index (Phi) is 3.33. The van der Waals surface area contributed by atoms with E-state index in [4.69, 9.17) is 0 Å². The molecule has 6 nitrogen and oxygen atoms in total. The van der Waals surface area contributed by atoms with Gasteiger partial charge in [0.05, 0.1) is 0 Å². The minimum Gasteiger partial charge on any atom is -0.351 e. The van der Waals surface area contributed by atoms with E-state index in [0.29, 0.717) is 11.3 Å². The zero-order valence-corrected chi connectivity index (χ0v) is 14.1. The SMILES string of the molecule is Cc1cnc2c(c1)CN(c1nc3ncc(C)c(=O)n3cc1C)CC2. The molecule has 122 valence electrons. The molecule has 0 unspecified atom stereocenters. The van der Waals surface area contributed by atoms with Crippen molar-refractivity contribution in [2.75, 3.05) is 11.4 Å². The number of aromatic nitrogens is 4. The molecule has 3 aromatic rings. The summed E-state index contributed by atoms with van der Waals surface area (Å²) in [7, 11) is 0. The lowest BCUT2D eigenvalue weighted by molar-refractivity contribution is 0.697. The number of pyridine rings is 1. The Labute approximate surface area is 139 Å². The molecule has 3 aromatic heterocycles. The van der Waals surface area contributed by atoms with Crippen molar-refractivity contribution < 1.29 is 0 Å². The average molecular weight is 321 g/mol. The van der Waals surface area contributed by atoms with Crippen LogP contribution in [0.3, 0.4) is 0 Å². The third-order valence-corrected chi connectivity index (χ3v) is 4.50. The van der Waals surface area contributed by atoms with Gasteiger partial charge in [0.15, 0.2) is 0 Å². The summed E-state index contributed by atoms with van der Waals surface area (Å²) in [5.41, 5.74) is 5.11. The van der Waals surface area contributed by atoms with Crippen LogP contribution in [-0.4, -0.2) is 25.9 Å². The fraction of sp³-hybridized carbons (Fsp3) is 0.333. The van der Waals surface area contributed by atoms with Crippen LogP contribution in [0, 0.1) is 20.8 Å². The lowest BCUT2D eigenvalue weighted by atomic mass is 10.0. The van der Waals surface area contributed by atoms with Crippen molar-refractivity contribution in [3.05, 3.63) is 63.0 Å². The Morgan fingerprint density at radius 1 is 1.08 bits per heavy atom. The fourth-order valence-corrected chi connectivity index (χ4v) is 3.23. The summed E-state index contributed by atoms with van der Waals surface area (Å²) in [5, 5.41) is 0. The van der Waals surface area contributed by atoms with E-state index < -0.39 is 0 Å². The highest BCUT2D eigenvalue weighted by molar-refractivity contribution is 5.52. The van der Waals surface area contributed by atoms with Gasteiger partial charge in [-0.15, -0.1) is 0 Å². The summed E-state index contributed by atoms with van der Waals surface area (Å²) in [6.07, 6.45) is 6.25. The summed E-state index contributed by atoms with van der Waals surface area (Å²) in [4.78, 5) is 28.0. The van der Waals surface area contributed by atoms with E-state index in [1.807, 2.05) is 19.3 Å². The third-order valence-electron chi connectivity index (χ3n) is 4.50. The summed E-state index contributed by atoms with van der Waals surface area (Å²) >= 11 is 0. The minimum absolute atomic E-state index is 0.0639. The van der Waals surface area contributed by atoms with Crippen LogP contribution in [0.5, 0.6) is 0 Å². The van der Waals surface area contributed by atoms with E-state index in [-0.39, 0.29) is 5.56 Å². The van der Waals surface area contributed by atoms with E-state index in [2.05, 4.69) is 32.8 Å². The number of hydrogen-bond acceptors (Lipinski definition) is 5. The summed E-state index contributed by atoms with van der Waals surface area (Å²) in [5.74, 6) is 1.33. The number of fused-ring (bicyclic) bond motifs is 2. The summed E-state index contributed by atoms with van der Waals surface area (Å²) in [6.45, 7) is 7.46. The first-order valence-electron chi connectivity index (χ1n) is 8.08. The van der Waals surface area contributed by atoms with Crippen LogP contribution in [0.1, 0.15) is 27.9 Å². The quantitative estimate of drug-likeness (QED) is 0.686. The molecule has 4 heterocycles. The number of rotatable bonds is 1. The maximum atomic E-state index is 12.2. The van der Waals surface area contributed by atoms with Gasteiger partial charge in [0.25, 0.3) is 5.56 Å². The molecule has 0 radical (unpaired) electrons. The molecule has 4 rings (SSSR count). The average Bonchev–Trinajstić information content (AvgIpc) is 2.57. The maximum absolute atomic E-state index is 12.2. The van der Waals surface area contributed by atoms with Gasteiger partial charge in [-0.25, -0.2) is 4.98 Å². The molecule has 0 aromatic carbocycles. The van der Waals surface area contributed by atoms with Gasteiger partial charge in [0.1, 0.15) is 5.82 Å². The smallest absolute Gasteiger partial charge is 0.261 e. The van der Waals surface area contributed by atoms with Gasteiger partial charge in [0.2, 0.25) is 5.78 Å². The fourth-order valence-electron chi connectivity index (χ4n) is 3.23. The second kappa shape index (κ2) is 5.40. The van der Waals surface area contributed by atoms with Crippen LogP contribution >= 0.6 is 0 Å². The predicted molar refractivity (Wildman–Crippen MR) is 92.5 cm³/mol. The van der Waals surface area contributed by atoms with Crippen molar-refractivity contribution in [1.29, 1.82) is 0 Å². The van der Waals surface area contributed by atoms with Gasteiger partial charge in [-0.3, -0.25) is 14.2 Å². The molecule has 0 amide bonds. The van der Waals surface area contributed by atoms with E-state index in [9.17, 15) is 4.79 Å². The van der Waals surface area contributed by atoms with E-state index in [1.165, 1.54) is 21.2 Å².